The summed E-state index contributed by atoms with van der Waals surface area (Å²) in [5.41, 5.74) is -0.0810. The highest BCUT2D eigenvalue weighted by Gasteiger charge is 2.24. The number of pyridine rings is 1. The van der Waals surface area contributed by atoms with Gasteiger partial charge in [0.15, 0.2) is 0 Å². The third-order valence-corrected chi connectivity index (χ3v) is 3.57. The summed E-state index contributed by atoms with van der Waals surface area (Å²) in [6.45, 7) is 5.26. The van der Waals surface area contributed by atoms with Gasteiger partial charge in [0.05, 0.1) is 23.5 Å². The van der Waals surface area contributed by atoms with Crippen LogP contribution in [-0.4, -0.2) is 35.2 Å². The monoisotopic (exact) mass is 296 g/mol. The average Bonchev–Trinajstić information content (AvgIpc) is 2.65. The molecular formula is C13H16N2O4S. The SMILES string of the molecule is CC(C)(C)OC(=O)c1cn(S(C)(=O)=O)c2cnccc12. The number of hydrogen-bond donors (Lipinski definition) is 0. The third kappa shape index (κ3) is 2.82. The lowest BCUT2D eigenvalue weighted by molar-refractivity contribution is 0.00718. The molecule has 6 nitrogen and oxygen atoms in total. The molecule has 2 aromatic heterocycles. The zero-order valence-corrected chi connectivity index (χ0v) is 12.6. The lowest BCUT2D eigenvalue weighted by atomic mass is 10.1. The second-order valence-corrected chi connectivity index (χ2v) is 7.36. The molecule has 0 aliphatic rings. The van der Waals surface area contributed by atoms with Crippen LogP contribution in [0.2, 0.25) is 0 Å². The highest BCUT2D eigenvalue weighted by Crippen LogP contribution is 2.24. The van der Waals surface area contributed by atoms with E-state index in [2.05, 4.69) is 4.98 Å². The molecule has 0 fully saturated rings. The van der Waals surface area contributed by atoms with Crippen LogP contribution in [0.3, 0.4) is 0 Å². The normalized spacial score (nSPS) is 12.6. The molecule has 0 bridgehead atoms. The van der Waals surface area contributed by atoms with E-state index in [0.717, 1.165) is 10.2 Å². The van der Waals surface area contributed by atoms with E-state index in [9.17, 15) is 13.2 Å². The van der Waals surface area contributed by atoms with Gasteiger partial charge >= 0.3 is 5.97 Å². The second-order valence-electron chi connectivity index (χ2n) is 5.50. The number of nitrogens with zero attached hydrogens (tertiary/aromatic N) is 2. The molecule has 0 atom stereocenters. The molecule has 0 amide bonds. The van der Waals surface area contributed by atoms with E-state index in [1.54, 1.807) is 26.8 Å². The minimum absolute atomic E-state index is 0.211. The first-order valence-corrected chi connectivity index (χ1v) is 7.83. The van der Waals surface area contributed by atoms with Gasteiger partial charge in [-0.1, -0.05) is 0 Å². The number of carbonyl (C=O) groups excluding carboxylic acids is 1. The summed E-state index contributed by atoms with van der Waals surface area (Å²) in [5.74, 6) is -0.559. The number of aromatic nitrogens is 2. The summed E-state index contributed by atoms with van der Waals surface area (Å²) >= 11 is 0. The Morgan fingerprint density at radius 3 is 2.55 bits per heavy atom. The van der Waals surface area contributed by atoms with Gasteiger partial charge in [-0.25, -0.2) is 17.2 Å². The fraction of sp³-hybridized carbons (Fsp3) is 0.385. The smallest absolute Gasteiger partial charge is 0.340 e. The fourth-order valence-corrected chi connectivity index (χ4v) is 2.62. The van der Waals surface area contributed by atoms with Gasteiger partial charge in [-0.2, -0.15) is 0 Å². The Morgan fingerprint density at radius 2 is 2.00 bits per heavy atom. The predicted molar refractivity (Wildman–Crippen MR) is 75.1 cm³/mol. The predicted octanol–water partition coefficient (Wildman–Crippen LogP) is 1.80. The highest BCUT2D eigenvalue weighted by molar-refractivity contribution is 7.89. The van der Waals surface area contributed by atoms with Crippen LogP contribution in [0.4, 0.5) is 0 Å². The molecule has 2 aromatic rings. The Bertz CT molecular complexity index is 769. The Kier molecular flexibility index (Phi) is 3.33. The molecule has 0 saturated carbocycles. The summed E-state index contributed by atoms with van der Waals surface area (Å²) in [5, 5.41) is 0.500. The Hall–Kier alpha value is -1.89. The Labute approximate surface area is 117 Å². The highest BCUT2D eigenvalue weighted by atomic mass is 32.2. The number of rotatable bonds is 2. The number of fused-ring (bicyclic) bond motifs is 1. The maximum atomic E-state index is 12.2. The molecule has 0 N–H and O–H groups in total. The van der Waals surface area contributed by atoms with E-state index >= 15 is 0 Å². The van der Waals surface area contributed by atoms with Crippen molar-refractivity contribution < 1.29 is 17.9 Å². The van der Waals surface area contributed by atoms with Crippen LogP contribution in [0.15, 0.2) is 24.7 Å². The minimum atomic E-state index is -3.52. The third-order valence-electron chi connectivity index (χ3n) is 2.55. The molecule has 0 aliphatic carbocycles. The fourth-order valence-electron chi connectivity index (χ4n) is 1.82. The Balaban J connectivity index is 2.64. The maximum Gasteiger partial charge on any atom is 0.340 e. The molecule has 0 radical (unpaired) electrons. The van der Waals surface area contributed by atoms with Crippen molar-refractivity contribution in [2.45, 2.75) is 26.4 Å². The molecule has 2 heterocycles. The van der Waals surface area contributed by atoms with Gasteiger partial charge in [-0.05, 0) is 26.8 Å². The molecule has 0 aliphatic heterocycles. The molecule has 20 heavy (non-hydrogen) atoms. The molecule has 0 spiro atoms. The minimum Gasteiger partial charge on any atom is -0.456 e. The number of ether oxygens (including phenoxy) is 1. The van der Waals surface area contributed by atoms with Gasteiger partial charge in [0.25, 0.3) is 0 Å². The van der Waals surface area contributed by atoms with Gasteiger partial charge in [-0.3, -0.25) is 4.98 Å². The quantitative estimate of drug-likeness (QED) is 0.790. The van der Waals surface area contributed by atoms with E-state index < -0.39 is 21.6 Å². The van der Waals surface area contributed by atoms with E-state index in [1.807, 2.05) is 0 Å². The maximum absolute atomic E-state index is 12.2. The van der Waals surface area contributed by atoms with Crippen molar-refractivity contribution >= 4 is 26.9 Å². The summed E-state index contributed by atoms with van der Waals surface area (Å²) < 4.78 is 29.8. The molecule has 2 rings (SSSR count). The molecule has 7 heteroatoms. The topological polar surface area (TPSA) is 78.3 Å². The van der Waals surface area contributed by atoms with E-state index in [-0.39, 0.29) is 5.56 Å². The van der Waals surface area contributed by atoms with Crippen molar-refractivity contribution in [3.05, 3.63) is 30.2 Å². The molecule has 0 aromatic carbocycles. The molecular weight excluding hydrogens is 280 g/mol. The molecule has 0 saturated heterocycles. The van der Waals surface area contributed by atoms with Crippen molar-refractivity contribution in [2.75, 3.05) is 6.26 Å². The number of hydrogen-bond acceptors (Lipinski definition) is 5. The van der Waals surface area contributed by atoms with Crippen molar-refractivity contribution in [3.8, 4) is 0 Å². The number of carbonyl (C=O) groups is 1. The van der Waals surface area contributed by atoms with Crippen LogP contribution in [-0.2, 0) is 14.8 Å². The van der Waals surface area contributed by atoms with E-state index in [1.165, 1.54) is 18.6 Å². The zero-order valence-electron chi connectivity index (χ0n) is 11.7. The van der Waals surface area contributed by atoms with Crippen LogP contribution in [0.5, 0.6) is 0 Å². The van der Waals surface area contributed by atoms with Gasteiger partial charge in [-0.15, -0.1) is 0 Å². The number of esters is 1. The lowest BCUT2D eigenvalue weighted by Crippen LogP contribution is -2.23. The standard InChI is InChI=1S/C13H16N2O4S/c1-13(2,3)19-12(16)10-8-15(20(4,17)18)11-7-14-6-5-9(10)11/h5-8H,1-4H3. The van der Waals surface area contributed by atoms with Crippen LogP contribution in [0, 0.1) is 0 Å². The lowest BCUT2D eigenvalue weighted by Gasteiger charge is -2.19. The first-order valence-electron chi connectivity index (χ1n) is 5.98. The van der Waals surface area contributed by atoms with Crippen molar-refractivity contribution in [3.63, 3.8) is 0 Å². The van der Waals surface area contributed by atoms with E-state index in [4.69, 9.17) is 4.74 Å². The Morgan fingerprint density at radius 1 is 1.35 bits per heavy atom. The van der Waals surface area contributed by atoms with Gasteiger partial charge in [0, 0.05) is 17.8 Å². The first-order chi connectivity index (χ1) is 9.09. The van der Waals surface area contributed by atoms with Gasteiger partial charge in [0.1, 0.15) is 5.60 Å². The second kappa shape index (κ2) is 4.59. The summed E-state index contributed by atoms with van der Waals surface area (Å²) in [7, 11) is -3.52. The van der Waals surface area contributed by atoms with Crippen molar-refractivity contribution in [1.82, 2.24) is 8.96 Å². The first kappa shape index (κ1) is 14.5. The van der Waals surface area contributed by atoms with Gasteiger partial charge in [0.2, 0.25) is 10.0 Å². The molecule has 0 unspecified atom stereocenters. The largest absolute Gasteiger partial charge is 0.456 e. The van der Waals surface area contributed by atoms with Crippen LogP contribution < -0.4 is 0 Å². The average molecular weight is 296 g/mol. The van der Waals surface area contributed by atoms with Gasteiger partial charge < -0.3 is 4.74 Å². The zero-order chi connectivity index (χ0) is 15.1. The van der Waals surface area contributed by atoms with Crippen LogP contribution >= 0.6 is 0 Å². The van der Waals surface area contributed by atoms with E-state index in [0.29, 0.717) is 10.9 Å². The van der Waals surface area contributed by atoms with Crippen molar-refractivity contribution in [2.24, 2.45) is 0 Å². The van der Waals surface area contributed by atoms with Crippen molar-refractivity contribution in [1.29, 1.82) is 0 Å². The van der Waals surface area contributed by atoms with Crippen LogP contribution in [0.1, 0.15) is 31.1 Å². The summed E-state index contributed by atoms with van der Waals surface area (Å²) in [6, 6.07) is 1.59. The summed E-state index contributed by atoms with van der Waals surface area (Å²) in [6.07, 6.45) is 5.25. The summed E-state index contributed by atoms with van der Waals surface area (Å²) in [4.78, 5) is 16.1. The molecule has 108 valence electrons. The van der Waals surface area contributed by atoms with Crippen LogP contribution in [0.25, 0.3) is 10.9 Å².